The van der Waals surface area contributed by atoms with Crippen LogP contribution in [0.5, 0.6) is 0 Å². The summed E-state index contributed by atoms with van der Waals surface area (Å²) in [7, 11) is 0. The molecule has 3 fully saturated rings. The molecule has 5 nitrogen and oxygen atoms in total. The number of piperidine rings is 1. The largest absolute Gasteiger partial charge is 0.472 e. The highest BCUT2D eigenvalue weighted by molar-refractivity contribution is 5.94. The van der Waals surface area contributed by atoms with Gasteiger partial charge in [0.15, 0.2) is 0 Å². The molecule has 4 rings (SSSR count). The molecule has 0 aromatic carbocycles. The van der Waals surface area contributed by atoms with Crippen LogP contribution in [0.4, 0.5) is 0 Å². The second-order valence-corrected chi connectivity index (χ2v) is 8.21. The summed E-state index contributed by atoms with van der Waals surface area (Å²) < 4.78 is 4.99. The lowest BCUT2D eigenvalue weighted by molar-refractivity contribution is -0.127. The molecular formula is C20H28N2O3. The van der Waals surface area contributed by atoms with E-state index in [0.29, 0.717) is 24.6 Å². The summed E-state index contributed by atoms with van der Waals surface area (Å²) in [6, 6.07) is 1.98. The van der Waals surface area contributed by atoms with Crippen LogP contribution >= 0.6 is 0 Å². The fourth-order valence-electron chi connectivity index (χ4n) is 5.27. The summed E-state index contributed by atoms with van der Waals surface area (Å²) in [5.74, 6) is 2.63. The number of fused-ring (bicyclic) bond motifs is 2. The van der Waals surface area contributed by atoms with E-state index in [0.717, 1.165) is 24.7 Å². The number of nitrogens with zero attached hydrogens (tertiary/aromatic N) is 1. The van der Waals surface area contributed by atoms with Crippen LogP contribution in [0.1, 0.15) is 55.8 Å². The van der Waals surface area contributed by atoms with Gasteiger partial charge in [0, 0.05) is 25.0 Å². The average Bonchev–Trinajstić information content (AvgIpc) is 3.38. The second kappa shape index (κ2) is 6.85. The zero-order valence-electron chi connectivity index (χ0n) is 14.9. The van der Waals surface area contributed by atoms with Crippen LogP contribution in [0, 0.1) is 23.7 Å². The maximum Gasteiger partial charge on any atom is 0.257 e. The summed E-state index contributed by atoms with van der Waals surface area (Å²) in [4.78, 5) is 26.8. The minimum Gasteiger partial charge on any atom is -0.472 e. The van der Waals surface area contributed by atoms with Crippen molar-refractivity contribution in [2.45, 2.75) is 51.5 Å². The van der Waals surface area contributed by atoms with E-state index in [2.05, 4.69) is 12.2 Å². The highest BCUT2D eigenvalue weighted by Crippen LogP contribution is 2.49. The molecule has 2 aliphatic carbocycles. The Morgan fingerprint density at radius 3 is 2.60 bits per heavy atom. The lowest BCUT2D eigenvalue weighted by atomic mass is 9.83. The van der Waals surface area contributed by atoms with E-state index in [9.17, 15) is 9.59 Å². The third kappa shape index (κ3) is 3.33. The molecule has 1 aliphatic heterocycles. The molecule has 2 heterocycles. The normalized spacial score (nSPS) is 30.4. The fourth-order valence-corrected chi connectivity index (χ4v) is 5.27. The van der Waals surface area contributed by atoms with E-state index in [1.165, 1.54) is 38.2 Å². The number of carbonyl (C=O) groups excluding carboxylic acids is 2. The van der Waals surface area contributed by atoms with Crippen molar-refractivity contribution < 1.29 is 14.0 Å². The van der Waals surface area contributed by atoms with Gasteiger partial charge < -0.3 is 14.6 Å². The molecule has 1 aromatic heterocycles. The Kier molecular flexibility index (Phi) is 4.57. The van der Waals surface area contributed by atoms with E-state index in [-0.39, 0.29) is 23.8 Å². The molecular weight excluding hydrogens is 316 g/mol. The van der Waals surface area contributed by atoms with Gasteiger partial charge in [-0.2, -0.15) is 0 Å². The first kappa shape index (κ1) is 16.7. The number of nitrogens with one attached hydrogen (secondary N) is 1. The lowest BCUT2D eigenvalue weighted by Crippen LogP contribution is -2.47. The topological polar surface area (TPSA) is 62.6 Å². The molecule has 4 atom stereocenters. The molecule has 1 saturated heterocycles. The van der Waals surface area contributed by atoms with Crippen LogP contribution in [0.2, 0.25) is 0 Å². The molecule has 0 radical (unpaired) electrons. The van der Waals surface area contributed by atoms with Gasteiger partial charge in [0.25, 0.3) is 5.91 Å². The van der Waals surface area contributed by atoms with Crippen molar-refractivity contribution in [3.05, 3.63) is 24.2 Å². The number of carbonyl (C=O) groups is 2. The maximum absolute atomic E-state index is 12.6. The Bertz CT molecular complexity index is 619. The van der Waals surface area contributed by atoms with Gasteiger partial charge in [0.05, 0.1) is 11.8 Å². The maximum atomic E-state index is 12.6. The molecule has 1 N–H and O–H groups in total. The van der Waals surface area contributed by atoms with Gasteiger partial charge in [-0.05, 0) is 62.8 Å². The van der Waals surface area contributed by atoms with Crippen LogP contribution in [0.3, 0.4) is 0 Å². The third-order valence-electron chi connectivity index (χ3n) is 6.73. The van der Waals surface area contributed by atoms with Crippen LogP contribution in [0.25, 0.3) is 0 Å². The van der Waals surface area contributed by atoms with E-state index in [1.807, 2.05) is 4.90 Å². The van der Waals surface area contributed by atoms with Gasteiger partial charge in [-0.3, -0.25) is 9.59 Å². The number of likely N-dealkylation sites (tertiary alicyclic amines) is 1. The van der Waals surface area contributed by atoms with E-state index < -0.39 is 0 Å². The second-order valence-electron chi connectivity index (χ2n) is 8.21. The van der Waals surface area contributed by atoms with Gasteiger partial charge in [-0.25, -0.2) is 0 Å². The molecule has 136 valence electrons. The third-order valence-corrected chi connectivity index (χ3v) is 6.73. The molecule has 0 spiro atoms. The summed E-state index contributed by atoms with van der Waals surface area (Å²) in [5, 5.41) is 3.29. The van der Waals surface area contributed by atoms with E-state index in [4.69, 9.17) is 4.42 Å². The molecule has 4 unspecified atom stereocenters. The van der Waals surface area contributed by atoms with Crippen molar-refractivity contribution >= 4 is 11.8 Å². The first-order valence-corrected chi connectivity index (χ1v) is 9.73. The monoisotopic (exact) mass is 344 g/mol. The first-order chi connectivity index (χ1) is 12.1. The molecule has 3 aliphatic rings. The van der Waals surface area contributed by atoms with Crippen LogP contribution in [0.15, 0.2) is 23.0 Å². The predicted molar refractivity (Wildman–Crippen MR) is 93.9 cm³/mol. The number of amides is 2. The predicted octanol–water partition coefficient (Wildman–Crippen LogP) is 3.07. The summed E-state index contributed by atoms with van der Waals surface area (Å²) in [6.45, 7) is 3.47. The van der Waals surface area contributed by atoms with Crippen molar-refractivity contribution in [2.24, 2.45) is 23.7 Å². The van der Waals surface area contributed by atoms with E-state index >= 15 is 0 Å². The van der Waals surface area contributed by atoms with Crippen molar-refractivity contribution in [1.82, 2.24) is 10.2 Å². The van der Waals surface area contributed by atoms with Crippen molar-refractivity contribution in [2.75, 3.05) is 13.1 Å². The number of hydrogen-bond donors (Lipinski definition) is 1. The Morgan fingerprint density at radius 1 is 1.20 bits per heavy atom. The molecule has 2 amide bonds. The summed E-state index contributed by atoms with van der Waals surface area (Å²) in [5.41, 5.74) is 0.591. The van der Waals surface area contributed by atoms with Crippen LogP contribution in [-0.4, -0.2) is 35.8 Å². The van der Waals surface area contributed by atoms with Gasteiger partial charge in [0.2, 0.25) is 5.91 Å². The standard InChI is InChI=1S/C20H28N2O3/c1-13(18-11-14-2-3-16(18)10-14)21-19(23)15-4-7-22(8-5-15)20(24)17-6-9-25-12-17/h6,9,12-16,18H,2-5,7-8,10-11H2,1H3,(H,21,23). The first-order valence-electron chi connectivity index (χ1n) is 9.73. The number of hydrogen-bond acceptors (Lipinski definition) is 3. The summed E-state index contributed by atoms with van der Waals surface area (Å²) >= 11 is 0. The Hall–Kier alpha value is -1.78. The average molecular weight is 344 g/mol. The molecule has 2 bridgehead atoms. The zero-order chi connectivity index (χ0) is 17.4. The Morgan fingerprint density at radius 2 is 2.00 bits per heavy atom. The minimum absolute atomic E-state index is 0.00274. The number of rotatable bonds is 4. The smallest absolute Gasteiger partial charge is 0.257 e. The van der Waals surface area contributed by atoms with Crippen molar-refractivity contribution in [3.8, 4) is 0 Å². The quantitative estimate of drug-likeness (QED) is 0.913. The van der Waals surface area contributed by atoms with Gasteiger partial charge in [0.1, 0.15) is 6.26 Å². The van der Waals surface area contributed by atoms with Gasteiger partial charge >= 0.3 is 0 Å². The fraction of sp³-hybridized carbons (Fsp3) is 0.700. The minimum atomic E-state index is 0.00274. The molecule has 5 heteroatoms. The van der Waals surface area contributed by atoms with Gasteiger partial charge in [-0.15, -0.1) is 0 Å². The van der Waals surface area contributed by atoms with Crippen molar-refractivity contribution in [3.63, 3.8) is 0 Å². The van der Waals surface area contributed by atoms with Gasteiger partial charge in [-0.1, -0.05) is 6.42 Å². The van der Waals surface area contributed by atoms with E-state index in [1.54, 1.807) is 6.07 Å². The molecule has 25 heavy (non-hydrogen) atoms. The SMILES string of the molecule is CC(NC(=O)C1CCN(C(=O)c2ccoc2)CC1)C1CC2CCC1C2. The summed E-state index contributed by atoms with van der Waals surface area (Å²) in [6.07, 6.45) is 9.92. The highest BCUT2D eigenvalue weighted by Gasteiger charge is 2.42. The molecule has 2 saturated carbocycles. The highest BCUT2D eigenvalue weighted by atomic mass is 16.3. The molecule has 1 aromatic rings. The zero-order valence-corrected chi connectivity index (χ0v) is 14.9. The Labute approximate surface area is 149 Å². The Balaban J connectivity index is 1.26. The van der Waals surface area contributed by atoms with Crippen molar-refractivity contribution in [1.29, 1.82) is 0 Å². The number of furan rings is 1. The van der Waals surface area contributed by atoms with Crippen LogP contribution < -0.4 is 5.32 Å². The van der Waals surface area contributed by atoms with Crippen LogP contribution in [-0.2, 0) is 4.79 Å². The lowest BCUT2D eigenvalue weighted by Gasteiger charge is -2.33.